The van der Waals surface area contributed by atoms with Crippen molar-refractivity contribution >= 4 is 55.0 Å². The smallest absolute Gasteiger partial charge is 0.157 e. The van der Waals surface area contributed by atoms with Gasteiger partial charge in [0.25, 0.3) is 0 Å². The van der Waals surface area contributed by atoms with E-state index in [2.05, 4.69) is 36.9 Å². The number of amidine groups is 1. The highest BCUT2D eigenvalue weighted by molar-refractivity contribution is 9.11. The fourth-order valence-corrected chi connectivity index (χ4v) is 2.28. The molecule has 0 saturated heterocycles. The zero-order chi connectivity index (χ0) is 12.3. The molecule has 0 heterocycles. The first-order valence-electron chi connectivity index (χ1n) is 3.97. The van der Waals surface area contributed by atoms with Gasteiger partial charge in [0, 0.05) is 4.47 Å². The molecule has 0 fully saturated rings. The summed E-state index contributed by atoms with van der Waals surface area (Å²) >= 11 is 11.6. The Balaban J connectivity index is 3.51. The molecule has 0 amide bonds. The maximum absolute atomic E-state index is 13.6. The summed E-state index contributed by atoms with van der Waals surface area (Å²) in [6, 6.07) is 3.19. The Kier molecular flexibility index (Phi) is 4.71. The Hall–Kier alpha value is -0.640. The SMILES string of the molecule is N#Cc1c(F)c(Br)cc(Br)c1N=C(N)CCl. The summed E-state index contributed by atoms with van der Waals surface area (Å²) in [5, 5.41) is 8.86. The average molecular weight is 369 g/mol. The van der Waals surface area contributed by atoms with Gasteiger partial charge in [-0.05, 0) is 37.9 Å². The van der Waals surface area contributed by atoms with E-state index in [-0.39, 0.29) is 27.4 Å². The Morgan fingerprint density at radius 3 is 2.69 bits per heavy atom. The predicted octanol–water partition coefficient (Wildman–Crippen LogP) is 3.45. The van der Waals surface area contributed by atoms with Crippen LogP contribution in [0.5, 0.6) is 0 Å². The molecular formula is C9H5Br2ClFN3. The first-order valence-corrected chi connectivity index (χ1v) is 6.10. The minimum absolute atomic E-state index is 0.00892. The summed E-state index contributed by atoms with van der Waals surface area (Å²) < 4.78 is 14.2. The molecular weight excluding hydrogens is 364 g/mol. The van der Waals surface area contributed by atoms with Gasteiger partial charge < -0.3 is 5.73 Å². The second-order valence-corrected chi connectivity index (χ2v) is 4.70. The second-order valence-electron chi connectivity index (χ2n) is 2.73. The van der Waals surface area contributed by atoms with Crippen LogP contribution in [-0.2, 0) is 0 Å². The number of hydrogen-bond acceptors (Lipinski definition) is 2. The average Bonchev–Trinajstić information content (AvgIpc) is 2.26. The maximum atomic E-state index is 13.6. The molecule has 0 saturated carbocycles. The normalized spacial score (nSPS) is 11.3. The largest absolute Gasteiger partial charge is 0.386 e. The number of nitrogens with two attached hydrogens (primary N) is 1. The van der Waals surface area contributed by atoms with Gasteiger partial charge in [-0.3, -0.25) is 0 Å². The molecule has 0 bridgehead atoms. The zero-order valence-electron chi connectivity index (χ0n) is 7.77. The van der Waals surface area contributed by atoms with Crippen LogP contribution in [0.15, 0.2) is 20.0 Å². The van der Waals surface area contributed by atoms with Crippen molar-refractivity contribution in [1.82, 2.24) is 0 Å². The van der Waals surface area contributed by atoms with Crippen LogP contribution in [-0.4, -0.2) is 11.7 Å². The second kappa shape index (κ2) is 5.62. The van der Waals surface area contributed by atoms with E-state index in [1.807, 2.05) is 0 Å². The number of nitrogens with zero attached hydrogens (tertiary/aromatic N) is 2. The van der Waals surface area contributed by atoms with E-state index >= 15 is 0 Å². The lowest BCUT2D eigenvalue weighted by atomic mass is 10.2. The van der Waals surface area contributed by atoms with Crippen molar-refractivity contribution in [3.8, 4) is 6.07 Å². The lowest BCUT2D eigenvalue weighted by Gasteiger charge is -2.05. The van der Waals surface area contributed by atoms with Crippen LogP contribution in [0.4, 0.5) is 10.1 Å². The van der Waals surface area contributed by atoms with Crippen molar-refractivity contribution in [1.29, 1.82) is 5.26 Å². The summed E-state index contributed by atoms with van der Waals surface area (Å²) in [5.41, 5.74) is 5.39. The third-order valence-electron chi connectivity index (χ3n) is 1.65. The van der Waals surface area contributed by atoms with Gasteiger partial charge in [-0.25, -0.2) is 9.38 Å². The molecule has 0 aliphatic carbocycles. The molecule has 84 valence electrons. The first-order chi connectivity index (χ1) is 7.51. The Labute approximate surface area is 113 Å². The van der Waals surface area contributed by atoms with E-state index in [0.717, 1.165) is 0 Å². The predicted molar refractivity (Wildman–Crippen MR) is 68.5 cm³/mol. The Morgan fingerprint density at radius 2 is 2.19 bits per heavy atom. The summed E-state index contributed by atoms with van der Waals surface area (Å²) in [6.45, 7) is 0. The third-order valence-corrected chi connectivity index (χ3v) is 3.11. The van der Waals surface area contributed by atoms with Gasteiger partial charge in [0.1, 0.15) is 23.2 Å². The lowest BCUT2D eigenvalue weighted by molar-refractivity contribution is 0.617. The third kappa shape index (κ3) is 2.73. The quantitative estimate of drug-likeness (QED) is 0.376. The van der Waals surface area contributed by atoms with Gasteiger partial charge in [-0.2, -0.15) is 5.26 Å². The van der Waals surface area contributed by atoms with E-state index < -0.39 is 5.82 Å². The number of benzene rings is 1. The van der Waals surface area contributed by atoms with Crippen LogP contribution in [0.25, 0.3) is 0 Å². The van der Waals surface area contributed by atoms with Gasteiger partial charge in [-0.15, -0.1) is 11.6 Å². The molecule has 0 unspecified atom stereocenters. The molecule has 0 aliphatic rings. The van der Waals surface area contributed by atoms with Crippen molar-refractivity contribution in [2.45, 2.75) is 0 Å². The molecule has 0 radical (unpaired) electrons. The fraction of sp³-hybridized carbons (Fsp3) is 0.111. The highest BCUT2D eigenvalue weighted by Gasteiger charge is 2.15. The van der Waals surface area contributed by atoms with Crippen LogP contribution in [0.1, 0.15) is 5.56 Å². The Bertz CT molecular complexity index is 497. The van der Waals surface area contributed by atoms with Crippen LogP contribution in [0.3, 0.4) is 0 Å². The number of rotatable bonds is 2. The molecule has 0 spiro atoms. The van der Waals surface area contributed by atoms with Gasteiger partial charge in [0.2, 0.25) is 0 Å². The molecule has 0 atom stereocenters. The van der Waals surface area contributed by atoms with E-state index in [1.54, 1.807) is 6.07 Å². The van der Waals surface area contributed by atoms with Gasteiger partial charge in [0.05, 0.1) is 10.4 Å². The summed E-state index contributed by atoms with van der Waals surface area (Å²) in [4.78, 5) is 3.88. The number of nitriles is 1. The molecule has 16 heavy (non-hydrogen) atoms. The number of hydrogen-bond donors (Lipinski definition) is 1. The summed E-state index contributed by atoms with van der Waals surface area (Å²) in [6.07, 6.45) is 0. The van der Waals surface area contributed by atoms with Crippen LogP contribution < -0.4 is 5.73 Å². The Morgan fingerprint density at radius 1 is 1.56 bits per heavy atom. The summed E-state index contributed by atoms with van der Waals surface area (Å²) in [5.74, 6) is -0.554. The monoisotopic (exact) mass is 367 g/mol. The molecule has 1 rings (SSSR count). The molecule has 0 aromatic heterocycles. The topological polar surface area (TPSA) is 62.2 Å². The van der Waals surface area contributed by atoms with E-state index in [9.17, 15) is 4.39 Å². The molecule has 1 aromatic rings. The molecule has 1 aromatic carbocycles. The molecule has 3 nitrogen and oxygen atoms in total. The molecule has 2 N–H and O–H groups in total. The fourth-order valence-electron chi connectivity index (χ4n) is 0.971. The van der Waals surface area contributed by atoms with E-state index in [0.29, 0.717) is 4.47 Å². The van der Waals surface area contributed by atoms with E-state index in [4.69, 9.17) is 22.6 Å². The van der Waals surface area contributed by atoms with Crippen molar-refractivity contribution in [2.24, 2.45) is 10.7 Å². The minimum Gasteiger partial charge on any atom is -0.386 e. The van der Waals surface area contributed by atoms with Crippen molar-refractivity contribution in [3.05, 3.63) is 26.4 Å². The molecule has 0 aliphatic heterocycles. The van der Waals surface area contributed by atoms with Gasteiger partial charge in [0.15, 0.2) is 5.82 Å². The molecule has 7 heteroatoms. The van der Waals surface area contributed by atoms with Crippen LogP contribution in [0, 0.1) is 17.1 Å². The van der Waals surface area contributed by atoms with Crippen LogP contribution in [0.2, 0.25) is 0 Å². The van der Waals surface area contributed by atoms with Crippen LogP contribution >= 0.6 is 43.5 Å². The maximum Gasteiger partial charge on any atom is 0.157 e. The number of alkyl halides is 1. The highest BCUT2D eigenvalue weighted by Crippen LogP contribution is 2.35. The van der Waals surface area contributed by atoms with E-state index in [1.165, 1.54) is 6.07 Å². The van der Waals surface area contributed by atoms with Crippen molar-refractivity contribution in [3.63, 3.8) is 0 Å². The first kappa shape index (κ1) is 13.4. The van der Waals surface area contributed by atoms with Crippen molar-refractivity contribution in [2.75, 3.05) is 5.88 Å². The standard InChI is InChI=1S/C9H5Br2ClFN3/c10-5-1-6(11)9(16-7(15)2-12)4(3-14)8(5)13/h1H,2H2,(H2,15,16). The number of halogens is 4. The van der Waals surface area contributed by atoms with Crippen molar-refractivity contribution < 1.29 is 4.39 Å². The lowest BCUT2D eigenvalue weighted by Crippen LogP contribution is -2.12. The van der Waals surface area contributed by atoms with Gasteiger partial charge in [-0.1, -0.05) is 0 Å². The van der Waals surface area contributed by atoms with Gasteiger partial charge >= 0.3 is 0 Å². The zero-order valence-corrected chi connectivity index (χ0v) is 11.7. The summed E-state index contributed by atoms with van der Waals surface area (Å²) in [7, 11) is 0. The minimum atomic E-state index is -0.674. The highest BCUT2D eigenvalue weighted by atomic mass is 79.9. The number of aliphatic imine (C=N–C) groups is 1.